The van der Waals surface area contributed by atoms with Crippen LogP contribution in [0.3, 0.4) is 0 Å². The Balaban J connectivity index is 0.000000290. The van der Waals surface area contributed by atoms with E-state index in [9.17, 15) is 9.90 Å². The molecule has 150 valence electrons. The fourth-order valence-electron chi connectivity index (χ4n) is 2.55. The third-order valence-corrected chi connectivity index (χ3v) is 5.23. The van der Waals surface area contributed by atoms with E-state index in [2.05, 4.69) is 36.6 Å². The summed E-state index contributed by atoms with van der Waals surface area (Å²) in [5.74, 6) is 1.03. The minimum Gasteiger partial charge on any atom is -0.507 e. The molecule has 29 heavy (non-hydrogen) atoms. The Morgan fingerprint density at radius 2 is 2.10 bits per heavy atom. The molecular formula is C20H20BrN5O2S. The number of para-hydroxylation sites is 1. The van der Waals surface area contributed by atoms with Crippen LogP contribution in [0.15, 0.2) is 57.8 Å². The van der Waals surface area contributed by atoms with Gasteiger partial charge in [-0.15, -0.1) is 0 Å². The maximum Gasteiger partial charge on any atom is 0.172 e. The van der Waals surface area contributed by atoms with E-state index >= 15 is 0 Å². The lowest BCUT2D eigenvalue weighted by molar-refractivity contribution is 0.112. The summed E-state index contributed by atoms with van der Waals surface area (Å²) in [4.78, 5) is 14.5. The molecule has 3 N–H and O–H groups in total. The summed E-state index contributed by atoms with van der Waals surface area (Å²) < 4.78 is 2.55. The molecule has 0 aliphatic carbocycles. The predicted molar refractivity (Wildman–Crippen MR) is 120 cm³/mol. The summed E-state index contributed by atoms with van der Waals surface area (Å²) in [6, 6.07) is 10.8. The first kappa shape index (κ1) is 21.0. The first-order valence-electron chi connectivity index (χ1n) is 8.82. The summed E-state index contributed by atoms with van der Waals surface area (Å²) in [5, 5.41) is 24.5. The number of halogens is 1. The Kier molecular flexibility index (Phi) is 7.34. The van der Waals surface area contributed by atoms with Crippen molar-refractivity contribution < 1.29 is 9.90 Å². The number of aromatic hydroxyl groups is 1. The van der Waals surface area contributed by atoms with Crippen molar-refractivity contribution in [2.24, 2.45) is 0 Å². The van der Waals surface area contributed by atoms with Gasteiger partial charge in [0.25, 0.3) is 0 Å². The summed E-state index contributed by atoms with van der Waals surface area (Å²) in [6.45, 7) is 1.59. The lowest BCUT2D eigenvalue weighted by atomic mass is 10.1. The number of hydrogen-bond acceptors (Lipinski definition) is 7. The Bertz CT molecular complexity index is 1080. The number of nitrogens with zero attached hydrogens (tertiary/aromatic N) is 3. The van der Waals surface area contributed by atoms with Crippen LogP contribution in [0.5, 0.6) is 5.75 Å². The van der Waals surface area contributed by atoms with Crippen molar-refractivity contribution >= 4 is 45.0 Å². The van der Waals surface area contributed by atoms with Crippen molar-refractivity contribution in [3.63, 3.8) is 0 Å². The van der Waals surface area contributed by atoms with Gasteiger partial charge in [0, 0.05) is 35.7 Å². The minimum atomic E-state index is 0.205. The van der Waals surface area contributed by atoms with E-state index in [0.717, 1.165) is 35.2 Å². The predicted octanol–water partition coefficient (Wildman–Crippen LogP) is 4.06. The molecule has 0 radical (unpaired) electrons. The number of rotatable bonds is 6. The zero-order valence-electron chi connectivity index (χ0n) is 15.7. The number of carbonyl (C=O) groups excluding carboxylic acids is 1. The van der Waals surface area contributed by atoms with E-state index in [1.807, 2.05) is 36.0 Å². The number of nitrogens with one attached hydrogen (secondary N) is 2. The highest BCUT2D eigenvalue weighted by Crippen LogP contribution is 2.30. The number of fused-ring (bicyclic) bond motifs is 1. The quantitative estimate of drug-likeness (QED) is 0.289. The van der Waals surface area contributed by atoms with Gasteiger partial charge in [0.15, 0.2) is 11.9 Å². The number of phenolic OH excluding ortho intramolecular Hbond substituents is 1. The van der Waals surface area contributed by atoms with Gasteiger partial charge < -0.3 is 15.7 Å². The standard InChI is InChI=1S/C15H16BrN5O.C5H4OS/c1-17-6-7-18-14-8-12(10-4-2-3-5-13(10)22)20-15-11(16)9-19-21(14)15;6-3-5-1-2-7-4-5/h2-5,8-9,17-18,22H,6-7H2,1H3;1-4H. The first-order chi connectivity index (χ1) is 14.1. The summed E-state index contributed by atoms with van der Waals surface area (Å²) in [5.41, 5.74) is 2.85. The number of aromatic nitrogens is 3. The lowest BCUT2D eigenvalue weighted by Crippen LogP contribution is -2.19. The second-order valence-electron chi connectivity index (χ2n) is 5.98. The molecule has 3 aromatic heterocycles. The molecule has 3 heterocycles. The third-order valence-electron chi connectivity index (χ3n) is 3.97. The van der Waals surface area contributed by atoms with Gasteiger partial charge in [0.2, 0.25) is 0 Å². The molecule has 0 amide bonds. The fourth-order valence-corrected chi connectivity index (χ4v) is 3.50. The molecule has 0 atom stereocenters. The molecule has 7 nitrogen and oxygen atoms in total. The Labute approximate surface area is 180 Å². The number of anilines is 1. The molecular weight excluding hydrogens is 454 g/mol. The van der Waals surface area contributed by atoms with Crippen LogP contribution in [-0.2, 0) is 0 Å². The summed E-state index contributed by atoms with van der Waals surface area (Å²) in [7, 11) is 1.90. The highest BCUT2D eigenvalue weighted by atomic mass is 79.9. The van der Waals surface area contributed by atoms with E-state index in [1.54, 1.807) is 28.9 Å². The number of likely N-dealkylation sites (N-methyl/N-ethyl adjacent to an activating group) is 1. The van der Waals surface area contributed by atoms with Crippen molar-refractivity contribution in [3.8, 4) is 17.0 Å². The van der Waals surface area contributed by atoms with Gasteiger partial charge in [-0.2, -0.15) is 21.0 Å². The molecule has 0 spiro atoms. The molecule has 0 fully saturated rings. The Morgan fingerprint density at radius 3 is 2.76 bits per heavy atom. The maximum atomic E-state index is 10.1. The smallest absolute Gasteiger partial charge is 0.172 e. The monoisotopic (exact) mass is 473 g/mol. The van der Waals surface area contributed by atoms with Crippen molar-refractivity contribution in [3.05, 3.63) is 63.4 Å². The van der Waals surface area contributed by atoms with Crippen LogP contribution < -0.4 is 10.6 Å². The number of benzene rings is 1. The van der Waals surface area contributed by atoms with E-state index in [1.165, 1.54) is 11.3 Å². The largest absolute Gasteiger partial charge is 0.507 e. The number of thiophene rings is 1. The molecule has 0 unspecified atom stereocenters. The second kappa shape index (κ2) is 10.1. The van der Waals surface area contributed by atoms with Gasteiger partial charge >= 0.3 is 0 Å². The van der Waals surface area contributed by atoms with Crippen molar-refractivity contribution in [2.75, 3.05) is 25.5 Å². The van der Waals surface area contributed by atoms with Crippen LogP contribution >= 0.6 is 27.3 Å². The molecule has 0 saturated carbocycles. The van der Waals surface area contributed by atoms with Crippen molar-refractivity contribution in [1.82, 2.24) is 19.9 Å². The van der Waals surface area contributed by atoms with E-state index < -0.39 is 0 Å². The normalized spacial score (nSPS) is 10.4. The van der Waals surface area contributed by atoms with Crippen LogP contribution in [0.1, 0.15) is 10.4 Å². The van der Waals surface area contributed by atoms with Crippen LogP contribution in [0, 0.1) is 0 Å². The highest BCUT2D eigenvalue weighted by Gasteiger charge is 2.13. The molecule has 1 aromatic carbocycles. The van der Waals surface area contributed by atoms with Gasteiger partial charge in [-0.25, -0.2) is 4.98 Å². The minimum absolute atomic E-state index is 0.205. The number of hydrogen-bond donors (Lipinski definition) is 3. The average molecular weight is 474 g/mol. The highest BCUT2D eigenvalue weighted by molar-refractivity contribution is 9.10. The zero-order valence-corrected chi connectivity index (χ0v) is 18.1. The van der Waals surface area contributed by atoms with E-state index in [0.29, 0.717) is 16.9 Å². The maximum absolute atomic E-state index is 10.1. The van der Waals surface area contributed by atoms with Crippen LogP contribution in [0.2, 0.25) is 0 Å². The lowest BCUT2D eigenvalue weighted by Gasteiger charge is -2.11. The topological polar surface area (TPSA) is 91.5 Å². The van der Waals surface area contributed by atoms with Crippen molar-refractivity contribution in [1.29, 1.82) is 0 Å². The Morgan fingerprint density at radius 1 is 1.28 bits per heavy atom. The van der Waals surface area contributed by atoms with Gasteiger partial charge in [-0.05, 0) is 46.6 Å². The van der Waals surface area contributed by atoms with Gasteiger partial charge in [-0.3, -0.25) is 4.79 Å². The molecule has 0 aliphatic rings. The van der Waals surface area contributed by atoms with Gasteiger partial charge in [-0.1, -0.05) is 12.1 Å². The SMILES string of the molecule is CNCCNc1cc(-c2ccccc2O)nc2c(Br)cnn12.O=Cc1ccsc1. The zero-order chi connectivity index (χ0) is 20.6. The molecule has 0 aliphatic heterocycles. The van der Waals surface area contributed by atoms with Gasteiger partial charge in [0.05, 0.1) is 16.4 Å². The molecule has 9 heteroatoms. The van der Waals surface area contributed by atoms with Crippen molar-refractivity contribution in [2.45, 2.75) is 0 Å². The van der Waals surface area contributed by atoms with E-state index in [4.69, 9.17) is 0 Å². The van der Waals surface area contributed by atoms with Crippen LogP contribution in [0.4, 0.5) is 5.82 Å². The summed E-state index contributed by atoms with van der Waals surface area (Å²) in [6.07, 6.45) is 2.55. The number of carbonyl (C=O) groups is 1. The fraction of sp³-hybridized carbons (Fsp3) is 0.150. The second-order valence-corrected chi connectivity index (χ2v) is 7.61. The molecule has 4 aromatic rings. The third kappa shape index (κ3) is 5.20. The molecule has 0 saturated heterocycles. The van der Waals surface area contributed by atoms with Gasteiger partial charge in [0.1, 0.15) is 11.6 Å². The Hall–Kier alpha value is -2.75. The first-order valence-corrected chi connectivity index (χ1v) is 10.6. The molecule has 4 rings (SSSR count). The number of phenols is 1. The van der Waals surface area contributed by atoms with E-state index in [-0.39, 0.29) is 5.75 Å². The molecule has 0 bridgehead atoms. The number of aldehydes is 1. The summed E-state index contributed by atoms with van der Waals surface area (Å²) >= 11 is 4.99. The average Bonchev–Trinajstić information content (AvgIpc) is 3.39. The van der Waals surface area contributed by atoms with Crippen LogP contribution in [-0.4, -0.2) is 46.1 Å². The van der Waals surface area contributed by atoms with Crippen LogP contribution in [0.25, 0.3) is 16.9 Å².